The van der Waals surface area contributed by atoms with Crippen LogP contribution in [0.25, 0.3) is 12.2 Å². The molecule has 6 nitrogen and oxygen atoms in total. The molecule has 0 saturated carbocycles. The first-order valence-corrected chi connectivity index (χ1v) is 9.51. The van der Waals surface area contributed by atoms with E-state index in [-0.39, 0.29) is 16.5 Å². The predicted octanol–water partition coefficient (Wildman–Crippen LogP) is 1.83. The van der Waals surface area contributed by atoms with Crippen LogP contribution in [0.5, 0.6) is 5.75 Å². The molecule has 0 amide bonds. The molecule has 2 heterocycles. The number of ether oxygens (including phenoxy) is 1. The van der Waals surface area contributed by atoms with Crippen molar-refractivity contribution in [3.05, 3.63) is 127 Å². The Morgan fingerprint density at radius 3 is 2.16 bits per heavy atom. The lowest BCUT2D eigenvalue weighted by Gasteiger charge is -2.05. The van der Waals surface area contributed by atoms with Crippen LogP contribution >= 0.6 is 0 Å². The molecule has 2 aromatic heterocycles. The molecular weight excluding hydrogens is 397 g/mol. The van der Waals surface area contributed by atoms with Crippen LogP contribution in [0, 0.1) is 5.82 Å². The fourth-order valence-electron chi connectivity index (χ4n) is 2.87. The van der Waals surface area contributed by atoms with Gasteiger partial charge >= 0.3 is 0 Å². The molecule has 154 valence electrons. The third-order valence-corrected chi connectivity index (χ3v) is 4.47. The summed E-state index contributed by atoms with van der Waals surface area (Å²) in [5.41, 5.74) is 1.17. The van der Waals surface area contributed by atoms with E-state index in [9.17, 15) is 14.0 Å². The average Bonchev–Trinajstić information content (AvgIpc) is 2.79. The summed E-state index contributed by atoms with van der Waals surface area (Å²) < 4.78 is 18.7. The molecule has 0 aliphatic rings. The van der Waals surface area contributed by atoms with Crippen molar-refractivity contribution in [3.63, 3.8) is 0 Å². The molecule has 7 heteroatoms. The van der Waals surface area contributed by atoms with Gasteiger partial charge in [0, 0.05) is 0 Å². The number of pyridine rings is 1. The van der Waals surface area contributed by atoms with E-state index in [2.05, 4.69) is 15.0 Å². The number of hydrogen-bond donors (Lipinski definition) is 2. The van der Waals surface area contributed by atoms with E-state index in [1.54, 1.807) is 18.3 Å². The zero-order valence-corrected chi connectivity index (χ0v) is 16.3. The van der Waals surface area contributed by atoms with Crippen LogP contribution in [0.2, 0.25) is 0 Å². The summed E-state index contributed by atoms with van der Waals surface area (Å²) in [4.78, 5) is 34.1. The molecule has 0 radical (unpaired) electrons. The molecule has 0 saturated heterocycles. The van der Waals surface area contributed by atoms with E-state index in [1.165, 1.54) is 36.4 Å². The molecular formula is C24H18FN3O3. The van der Waals surface area contributed by atoms with E-state index >= 15 is 0 Å². The van der Waals surface area contributed by atoms with Gasteiger partial charge in [0.2, 0.25) is 0 Å². The first kappa shape index (κ1) is 20.0. The summed E-state index contributed by atoms with van der Waals surface area (Å²) in [6.45, 7) is 0.421. The molecule has 0 aliphatic carbocycles. The van der Waals surface area contributed by atoms with Gasteiger partial charge in [0.1, 0.15) is 28.9 Å². The normalized spacial score (nSPS) is 12.2. The van der Waals surface area contributed by atoms with E-state index in [1.807, 2.05) is 30.3 Å². The van der Waals surface area contributed by atoms with Crippen LogP contribution in [-0.2, 0) is 6.61 Å². The Hall–Kier alpha value is -4.26. The molecule has 0 bridgehead atoms. The molecule has 0 atom stereocenters. The van der Waals surface area contributed by atoms with E-state index in [0.29, 0.717) is 23.6 Å². The van der Waals surface area contributed by atoms with Gasteiger partial charge in [0.15, 0.2) is 0 Å². The Balaban J connectivity index is 1.56. The van der Waals surface area contributed by atoms with Gasteiger partial charge in [-0.3, -0.25) is 14.6 Å². The molecule has 0 fully saturated rings. The molecule has 4 aromatic rings. The van der Waals surface area contributed by atoms with Crippen molar-refractivity contribution >= 4 is 12.2 Å². The summed E-state index contributed by atoms with van der Waals surface area (Å²) >= 11 is 0. The first-order chi connectivity index (χ1) is 15.1. The van der Waals surface area contributed by atoms with Gasteiger partial charge in [0.25, 0.3) is 11.1 Å². The summed E-state index contributed by atoms with van der Waals surface area (Å²) in [6.07, 6.45) is 4.50. The van der Waals surface area contributed by atoms with Crippen LogP contribution < -0.4 is 26.6 Å². The topological polar surface area (TPSA) is 87.8 Å². The SMILES string of the molecule is O=c1[nH]/c(=C/c2ccc(OCc3ccccc3)cn2)c(=O)[nH]/c1=C/c1ccc(F)cc1. The van der Waals surface area contributed by atoms with Crippen molar-refractivity contribution in [1.82, 2.24) is 15.0 Å². The lowest BCUT2D eigenvalue weighted by molar-refractivity contribution is 0.305. The predicted molar refractivity (Wildman–Crippen MR) is 115 cm³/mol. The van der Waals surface area contributed by atoms with Gasteiger partial charge in [-0.25, -0.2) is 4.39 Å². The molecule has 0 spiro atoms. The molecule has 0 unspecified atom stereocenters. The van der Waals surface area contributed by atoms with Gasteiger partial charge in [-0.15, -0.1) is 0 Å². The Labute approximate surface area is 176 Å². The number of hydrogen-bond acceptors (Lipinski definition) is 4. The van der Waals surface area contributed by atoms with Gasteiger partial charge in [-0.2, -0.15) is 0 Å². The Kier molecular flexibility index (Phi) is 5.84. The zero-order valence-electron chi connectivity index (χ0n) is 16.3. The largest absolute Gasteiger partial charge is 0.487 e. The van der Waals surface area contributed by atoms with Crippen LogP contribution in [0.4, 0.5) is 4.39 Å². The Bertz CT molecular complexity index is 1410. The second-order valence-corrected chi connectivity index (χ2v) is 6.77. The molecule has 2 aromatic carbocycles. The van der Waals surface area contributed by atoms with Crippen LogP contribution in [0.3, 0.4) is 0 Å². The molecule has 0 aliphatic heterocycles. The van der Waals surface area contributed by atoms with Crippen molar-refractivity contribution in [2.75, 3.05) is 0 Å². The number of H-pyrrole nitrogens is 2. The maximum absolute atomic E-state index is 13.0. The van der Waals surface area contributed by atoms with Gasteiger partial charge in [-0.1, -0.05) is 42.5 Å². The van der Waals surface area contributed by atoms with Crippen molar-refractivity contribution in [2.45, 2.75) is 6.61 Å². The lowest BCUT2D eigenvalue weighted by atomic mass is 10.2. The number of nitrogens with one attached hydrogen (secondary N) is 2. The number of aromatic amines is 2. The highest BCUT2D eigenvalue weighted by molar-refractivity contribution is 5.48. The number of aromatic nitrogens is 3. The van der Waals surface area contributed by atoms with E-state index in [4.69, 9.17) is 4.74 Å². The van der Waals surface area contributed by atoms with Gasteiger partial charge in [0.05, 0.1) is 11.9 Å². The smallest absolute Gasteiger partial charge is 0.272 e. The van der Waals surface area contributed by atoms with Crippen LogP contribution in [0.15, 0.2) is 82.5 Å². The van der Waals surface area contributed by atoms with Crippen molar-refractivity contribution in [3.8, 4) is 5.75 Å². The maximum atomic E-state index is 13.0. The maximum Gasteiger partial charge on any atom is 0.272 e. The summed E-state index contributed by atoms with van der Waals surface area (Å²) in [6, 6.07) is 18.8. The third-order valence-electron chi connectivity index (χ3n) is 4.47. The second-order valence-electron chi connectivity index (χ2n) is 6.77. The fraction of sp³-hybridized carbons (Fsp3) is 0.0417. The fourth-order valence-corrected chi connectivity index (χ4v) is 2.87. The van der Waals surface area contributed by atoms with Gasteiger partial charge < -0.3 is 14.7 Å². The average molecular weight is 415 g/mol. The number of nitrogens with zero attached hydrogens (tertiary/aromatic N) is 1. The number of rotatable bonds is 5. The molecule has 4 rings (SSSR count). The summed E-state index contributed by atoms with van der Waals surface area (Å²) in [5, 5.41) is 0.151. The van der Waals surface area contributed by atoms with Crippen LogP contribution in [-0.4, -0.2) is 15.0 Å². The van der Waals surface area contributed by atoms with Crippen molar-refractivity contribution in [2.24, 2.45) is 0 Å². The van der Waals surface area contributed by atoms with Crippen molar-refractivity contribution in [1.29, 1.82) is 0 Å². The lowest BCUT2D eigenvalue weighted by Crippen LogP contribution is -2.46. The Morgan fingerprint density at radius 1 is 0.839 bits per heavy atom. The highest BCUT2D eigenvalue weighted by Crippen LogP contribution is 2.12. The first-order valence-electron chi connectivity index (χ1n) is 9.51. The van der Waals surface area contributed by atoms with Crippen molar-refractivity contribution < 1.29 is 9.13 Å². The highest BCUT2D eigenvalue weighted by atomic mass is 19.1. The minimum atomic E-state index is -0.474. The van der Waals surface area contributed by atoms with Crippen LogP contribution in [0.1, 0.15) is 16.8 Å². The minimum Gasteiger partial charge on any atom is -0.487 e. The standard InChI is InChI=1S/C24H18FN3O3/c25-18-8-6-16(7-9-18)12-21-23(29)28-22(24(30)27-21)13-19-10-11-20(14-26-19)31-15-17-4-2-1-3-5-17/h1-14H,15H2,(H,27,30)(H,28,29)/b21-12+,22-13+. The monoisotopic (exact) mass is 415 g/mol. The number of halogens is 1. The van der Waals surface area contributed by atoms with E-state index in [0.717, 1.165) is 5.56 Å². The van der Waals surface area contributed by atoms with Gasteiger partial charge in [-0.05, 0) is 47.5 Å². The molecule has 31 heavy (non-hydrogen) atoms. The van der Waals surface area contributed by atoms with E-state index < -0.39 is 11.1 Å². The highest BCUT2D eigenvalue weighted by Gasteiger charge is 2.00. The third kappa shape index (κ3) is 5.22. The number of benzene rings is 2. The zero-order chi connectivity index (χ0) is 21.6. The quantitative estimate of drug-likeness (QED) is 0.521. The summed E-state index contributed by atoms with van der Waals surface area (Å²) in [7, 11) is 0. The second kappa shape index (κ2) is 9.04. The molecule has 2 N–H and O–H groups in total. The minimum absolute atomic E-state index is 0.0753. The Morgan fingerprint density at radius 2 is 1.52 bits per heavy atom. The summed E-state index contributed by atoms with van der Waals surface area (Å²) in [5.74, 6) is 0.209.